The third kappa shape index (κ3) is 4.16. The van der Waals surface area contributed by atoms with Gasteiger partial charge in [0.25, 0.3) is 0 Å². The summed E-state index contributed by atoms with van der Waals surface area (Å²) < 4.78 is 45.8. The van der Waals surface area contributed by atoms with Crippen LogP contribution >= 0.6 is 11.3 Å². The highest BCUT2D eigenvalue weighted by atomic mass is 32.1. The molecule has 1 aromatic carbocycles. The van der Waals surface area contributed by atoms with E-state index in [1.165, 1.54) is 24.3 Å². The molecule has 3 aromatic rings. The van der Waals surface area contributed by atoms with Gasteiger partial charge in [-0.3, -0.25) is 4.79 Å². The van der Waals surface area contributed by atoms with E-state index in [-0.39, 0.29) is 29.8 Å². The molecule has 1 unspecified atom stereocenters. The van der Waals surface area contributed by atoms with Crippen LogP contribution in [-0.2, 0) is 11.3 Å². The lowest BCUT2D eigenvalue weighted by molar-refractivity contribution is -0.274. The van der Waals surface area contributed by atoms with Crippen molar-refractivity contribution in [2.24, 2.45) is 0 Å². The first kappa shape index (κ1) is 18.5. The minimum Gasteiger partial charge on any atom is -0.406 e. The molecule has 0 radical (unpaired) electrons. The Balaban J connectivity index is 1.44. The fraction of sp³-hybridized carbons (Fsp3) is 0.278. The van der Waals surface area contributed by atoms with Crippen LogP contribution in [0.4, 0.5) is 13.2 Å². The maximum Gasteiger partial charge on any atom is 0.573 e. The Hall–Kier alpha value is -2.88. The molecule has 1 amide bonds. The molecule has 10 heteroatoms. The van der Waals surface area contributed by atoms with E-state index >= 15 is 0 Å². The Bertz CT molecular complexity index is 955. The van der Waals surface area contributed by atoms with Gasteiger partial charge in [-0.1, -0.05) is 11.2 Å². The molecule has 146 valence electrons. The number of hydrogen-bond acceptors (Lipinski definition) is 6. The number of rotatable bonds is 5. The number of alkyl halides is 3. The summed E-state index contributed by atoms with van der Waals surface area (Å²) in [5, 5.41) is 5.85. The second kappa shape index (κ2) is 7.27. The van der Waals surface area contributed by atoms with Crippen LogP contribution in [0.2, 0.25) is 0 Å². The highest BCUT2D eigenvalue weighted by molar-refractivity contribution is 7.09. The molecule has 28 heavy (non-hydrogen) atoms. The topological polar surface area (TPSA) is 68.5 Å². The van der Waals surface area contributed by atoms with Gasteiger partial charge in [-0.25, -0.2) is 0 Å². The first-order valence-corrected chi connectivity index (χ1v) is 9.25. The molecule has 6 nitrogen and oxygen atoms in total. The molecule has 0 N–H and O–H groups in total. The minimum atomic E-state index is -4.75. The Labute approximate surface area is 161 Å². The van der Waals surface area contributed by atoms with Gasteiger partial charge in [0.1, 0.15) is 5.75 Å². The SMILES string of the molecule is O=C1CC(c2nc(-c3ccc(OC(F)(F)F)cc3)no2)CN1Cc1cccs1. The van der Waals surface area contributed by atoms with Gasteiger partial charge in [-0.2, -0.15) is 4.98 Å². The summed E-state index contributed by atoms with van der Waals surface area (Å²) in [6, 6.07) is 9.11. The molecule has 1 saturated heterocycles. The number of aromatic nitrogens is 2. The second-order valence-electron chi connectivity index (χ2n) is 6.28. The quantitative estimate of drug-likeness (QED) is 0.631. The maximum absolute atomic E-state index is 12.2. The number of ether oxygens (including phenoxy) is 1. The van der Waals surface area contributed by atoms with Crippen molar-refractivity contribution >= 4 is 17.2 Å². The van der Waals surface area contributed by atoms with E-state index in [0.717, 1.165) is 4.88 Å². The number of halogens is 3. The monoisotopic (exact) mass is 409 g/mol. The van der Waals surface area contributed by atoms with Crippen molar-refractivity contribution in [3.63, 3.8) is 0 Å². The van der Waals surface area contributed by atoms with E-state index in [1.54, 1.807) is 16.2 Å². The fourth-order valence-corrected chi connectivity index (χ4v) is 3.72. The fourth-order valence-electron chi connectivity index (χ4n) is 3.01. The number of carbonyl (C=O) groups excluding carboxylic acids is 1. The van der Waals surface area contributed by atoms with Crippen molar-refractivity contribution in [3.8, 4) is 17.1 Å². The molecule has 0 bridgehead atoms. The third-order valence-electron chi connectivity index (χ3n) is 4.28. The summed E-state index contributed by atoms with van der Waals surface area (Å²) in [7, 11) is 0. The van der Waals surface area contributed by atoms with Crippen LogP contribution in [0.3, 0.4) is 0 Å². The van der Waals surface area contributed by atoms with Gasteiger partial charge in [0.2, 0.25) is 17.6 Å². The van der Waals surface area contributed by atoms with Gasteiger partial charge < -0.3 is 14.2 Å². The number of hydrogen-bond donors (Lipinski definition) is 0. The van der Waals surface area contributed by atoms with E-state index in [9.17, 15) is 18.0 Å². The van der Waals surface area contributed by atoms with Crippen LogP contribution in [0.25, 0.3) is 11.4 Å². The molecule has 1 fully saturated rings. The van der Waals surface area contributed by atoms with Crippen LogP contribution in [0, 0.1) is 0 Å². The van der Waals surface area contributed by atoms with Crippen molar-refractivity contribution in [2.45, 2.75) is 25.2 Å². The lowest BCUT2D eigenvalue weighted by Gasteiger charge is -2.14. The molecule has 1 aliphatic rings. The zero-order valence-electron chi connectivity index (χ0n) is 14.3. The van der Waals surface area contributed by atoms with Gasteiger partial charge in [-0.05, 0) is 35.7 Å². The highest BCUT2D eigenvalue weighted by Crippen LogP contribution is 2.31. The van der Waals surface area contributed by atoms with Gasteiger partial charge in [-0.15, -0.1) is 24.5 Å². The summed E-state index contributed by atoms with van der Waals surface area (Å²) in [6.45, 7) is 1.03. The third-order valence-corrected chi connectivity index (χ3v) is 5.14. The predicted octanol–water partition coefficient (Wildman–Crippen LogP) is 4.21. The van der Waals surface area contributed by atoms with Crippen molar-refractivity contribution in [2.75, 3.05) is 6.54 Å². The number of nitrogens with zero attached hydrogens (tertiary/aromatic N) is 3. The summed E-state index contributed by atoms with van der Waals surface area (Å²) >= 11 is 1.59. The Morgan fingerprint density at radius 3 is 2.71 bits per heavy atom. The minimum absolute atomic E-state index is 0.0202. The molecule has 1 aliphatic heterocycles. The van der Waals surface area contributed by atoms with Crippen LogP contribution in [0.15, 0.2) is 46.3 Å². The molecule has 4 rings (SSSR count). The molecule has 3 heterocycles. The average molecular weight is 409 g/mol. The number of carbonyl (C=O) groups is 1. The smallest absolute Gasteiger partial charge is 0.406 e. The van der Waals surface area contributed by atoms with E-state index < -0.39 is 6.36 Å². The summed E-state index contributed by atoms with van der Waals surface area (Å²) in [4.78, 5) is 19.4. The molecule has 0 aliphatic carbocycles. The molecular formula is C18H14F3N3O3S. The molecule has 1 atom stereocenters. The largest absolute Gasteiger partial charge is 0.573 e. The zero-order chi connectivity index (χ0) is 19.7. The van der Waals surface area contributed by atoms with E-state index in [4.69, 9.17) is 4.52 Å². The average Bonchev–Trinajstić information content (AvgIpc) is 3.37. The van der Waals surface area contributed by atoms with Crippen LogP contribution in [-0.4, -0.2) is 33.9 Å². The van der Waals surface area contributed by atoms with Crippen molar-refractivity contribution in [3.05, 3.63) is 52.5 Å². The van der Waals surface area contributed by atoms with Gasteiger partial charge in [0.15, 0.2) is 0 Å². The summed E-state index contributed by atoms with van der Waals surface area (Å²) in [5.74, 6) is 0.0734. The predicted molar refractivity (Wildman–Crippen MR) is 93.5 cm³/mol. The lowest BCUT2D eigenvalue weighted by atomic mass is 10.1. The van der Waals surface area contributed by atoms with E-state index in [1.807, 2.05) is 17.5 Å². The summed E-state index contributed by atoms with van der Waals surface area (Å²) in [6.07, 6.45) is -4.46. The number of likely N-dealkylation sites (tertiary alicyclic amines) is 1. The Kier molecular flexibility index (Phi) is 4.80. The van der Waals surface area contributed by atoms with Crippen LogP contribution < -0.4 is 4.74 Å². The molecule has 0 saturated carbocycles. The number of amides is 1. The first-order valence-electron chi connectivity index (χ1n) is 8.37. The summed E-state index contributed by atoms with van der Waals surface area (Å²) in [5.41, 5.74) is 0.490. The van der Waals surface area contributed by atoms with Gasteiger partial charge in [0, 0.05) is 23.4 Å². The second-order valence-corrected chi connectivity index (χ2v) is 7.32. The number of thiophene rings is 1. The zero-order valence-corrected chi connectivity index (χ0v) is 15.2. The number of benzene rings is 1. The van der Waals surface area contributed by atoms with Gasteiger partial charge >= 0.3 is 6.36 Å². The van der Waals surface area contributed by atoms with Crippen molar-refractivity contribution in [1.29, 1.82) is 0 Å². The first-order chi connectivity index (χ1) is 13.4. The molecule has 2 aromatic heterocycles. The Morgan fingerprint density at radius 1 is 1.25 bits per heavy atom. The van der Waals surface area contributed by atoms with Crippen LogP contribution in [0.5, 0.6) is 5.75 Å². The Morgan fingerprint density at radius 2 is 2.04 bits per heavy atom. The highest BCUT2D eigenvalue weighted by Gasteiger charge is 2.34. The van der Waals surface area contributed by atoms with Crippen molar-refractivity contribution < 1.29 is 27.2 Å². The lowest BCUT2D eigenvalue weighted by Crippen LogP contribution is -2.23. The van der Waals surface area contributed by atoms with Crippen LogP contribution in [0.1, 0.15) is 23.1 Å². The van der Waals surface area contributed by atoms with Crippen molar-refractivity contribution in [1.82, 2.24) is 15.0 Å². The maximum atomic E-state index is 12.2. The molecule has 0 spiro atoms. The molecular weight excluding hydrogens is 395 g/mol. The van der Waals surface area contributed by atoms with E-state index in [2.05, 4.69) is 14.9 Å². The standard InChI is InChI=1S/C18H14F3N3O3S/c19-18(20,21)26-13-5-3-11(4-6-13)16-22-17(27-23-16)12-8-15(25)24(9-12)10-14-2-1-7-28-14/h1-7,12H,8-10H2. The van der Waals surface area contributed by atoms with Gasteiger partial charge in [0.05, 0.1) is 12.5 Å². The normalized spacial score (nSPS) is 17.3. The van der Waals surface area contributed by atoms with E-state index in [0.29, 0.717) is 24.5 Å².